The van der Waals surface area contributed by atoms with Gasteiger partial charge in [0.1, 0.15) is 5.60 Å². The highest BCUT2D eigenvalue weighted by molar-refractivity contribution is 5.68. The number of carbonyl (C=O) groups is 1. The summed E-state index contributed by atoms with van der Waals surface area (Å²) in [4.78, 5) is 31.3. The number of hydrogen-bond acceptors (Lipinski definition) is 11. The lowest BCUT2D eigenvalue weighted by molar-refractivity contribution is 0.0475. The first-order valence-corrected chi connectivity index (χ1v) is 21.6. The average molecular weight is 761 g/mol. The van der Waals surface area contributed by atoms with E-state index >= 15 is 0 Å². The Morgan fingerprint density at radius 3 is 1.53 bits per heavy atom. The molecule has 6 fully saturated rings. The standard InChI is InChI=1S/C24H38N4O3.C19H30N4O/c1-24(2,3)31-23(29)26-19-8-10-20(11-9-19)27-13-15-28(16-14-27)22-21(5-4-12-25-22)30-17-18-6-7-18;20-16-5-7-17(8-6-16)22-10-12-23(13-11-22)19-18(2-1-9-21-19)24-14-15-3-4-15/h4-5,12,18-20H,6-11,13-17H2,1-3H3,(H,26,29);1-2,9,15-17H,3-8,10-14,20H2. The van der Waals surface area contributed by atoms with Crippen LogP contribution in [0.3, 0.4) is 0 Å². The Balaban J connectivity index is 0.000000174. The second kappa shape index (κ2) is 18.7. The number of amides is 1. The minimum atomic E-state index is -0.447. The van der Waals surface area contributed by atoms with Gasteiger partial charge in [-0.2, -0.15) is 0 Å². The summed E-state index contributed by atoms with van der Waals surface area (Å²) in [6, 6.07) is 10.1. The SMILES string of the molecule is CC(C)(C)OC(=O)NC1CCC(N2CCN(c3ncccc3OCC3CC3)CC2)CC1.NC1CCC(N2CCN(c3ncccc3OCC3CC3)CC2)CC1. The van der Waals surface area contributed by atoms with Crippen molar-refractivity contribution in [3.05, 3.63) is 36.7 Å². The van der Waals surface area contributed by atoms with Crippen molar-refractivity contribution in [2.75, 3.05) is 75.4 Å². The van der Waals surface area contributed by atoms with Crippen molar-refractivity contribution >= 4 is 17.7 Å². The van der Waals surface area contributed by atoms with Crippen molar-refractivity contribution in [3.63, 3.8) is 0 Å². The van der Waals surface area contributed by atoms with Gasteiger partial charge >= 0.3 is 6.09 Å². The van der Waals surface area contributed by atoms with Crippen molar-refractivity contribution in [1.29, 1.82) is 0 Å². The van der Waals surface area contributed by atoms with E-state index in [1.165, 1.54) is 51.4 Å². The number of carbonyl (C=O) groups excluding carboxylic acids is 1. The zero-order valence-electron chi connectivity index (χ0n) is 33.9. The van der Waals surface area contributed by atoms with E-state index in [4.69, 9.17) is 19.9 Å². The summed E-state index contributed by atoms with van der Waals surface area (Å²) in [5.41, 5.74) is 5.60. The third-order valence-corrected chi connectivity index (χ3v) is 12.3. The first-order chi connectivity index (χ1) is 26.7. The van der Waals surface area contributed by atoms with E-state index in [-0.39, 0.29) is 12.1 Å². The molecule has 2 aromatic heterocycles. The largest absolute Gasteiger partial charge is 0.489 e. The normalized spacial score (nSPS) is 26.8. The maximum Gasteiger partial charge on any atom is 0.407 e. The molecule has 4 heterocycles. The molecule has 0 spiro atoms. The maximum absolute atomic E-state index is 12.0. The van der Waals surface area contributed by atoms with Crippen molar-refractivity contribution in [3.8, 4) is 11.5 Å². The fraction of sp³-hybridized carbons (Fsp3) is 0.744. The number of nitrogens with zero attached hydrogens (tertiary/aromatic N) is 6. The molecule has 2 aromatic rings. The molecule has 4 aliphatic carbocycles. The van der Waals surface area contributed by atoms with Crippen LogP contribution >= 0.6 is 0 Å². The molecule has 0 radical (unpaired) electrons. The molecule has 6 aliphatic rings. The van der Waals surface area contributed by atoms with Gasteiger partial charge in [0.15, 0.2) is 23.1 Å². The average Bonchev–Trinajstić information content (AvgIpc) is 4.14. The molecule has 1 amide bonds. The summed E-state index contributed by atoms with van der Waals surface area (Å²) >= 11 is 0. The lowest BCUT2D eigenvalue weighted by Crippen LogP contribution is -2.52. The molecular weight excluding hydrogens is 693 g/mol. The number of nitrogens with one attached hydrogen (secondary N) is 1. The van der Waals surface area contributed by atoms with E-state index in [0.717, 1.165) is 132 Å². The van der Waals surface area contributed by atoms with Crippen LogP contribution in [0.15, 0.2) is 36.7 Å². The number of anilines is 2. The molecule has 4 saturated carbocycles. The smallest absolute Gasteiger partial charge is 0.407 e. The fourth-order valence-electron chi connectivity index (χ4n) is 8.57. The van der Waals surface area contributed by atoms with Crippen LogP contribution in [0.4, 0.5) is 16.4 Å². The van der Waals surface area contributed by atoms with Crippen molar-refractivity contribution in [2.45, 2.75) is 128 Å². The van der Waals surface area contributed by atoms with E-state index < -0.39 is 5.60 Å². The zero-order chi connectivity index (χ0) is 38.2. The van der Waals surface area contributed by atoms with Gasteiger partial charge in [-0.3, -0.25) is 9.80 Å². The lowest BCUT2D eigenvalue weighted by Gasteiger charge is -2.42. The number of alkyl carbamates (subject to hydrolysis) is 1. The molecule has 0 unspecified atom stereocenters. The Morgan fingerprint density at radius 1 is 0.673 bits per heavy atom. The molecule has 12 nitrogen and oxygen atoms in total. The minimum absolute atomic E-state index is 0.229. The van der Waals surface area contributed by atoms with E-state index in [1.807, 2.05) is 45.3 Å². The van der Waals surface area contributed by atoms with E-state index in [0.29, 0.717) is 12.1 Å². The third-order valence-electron chi connectivity index (χ3n) is 12.3. The highest BCUT2D eigenvalue weighted by Gasteiger charge is 2.32. The van der Waals surface area contributed by atoms with Crippen molar-refractivity contribution < 1.29 is 19.0 Å². The first kappa shape index (κ1) is 39.9. The molecule has 2 aliphatic heterocycles. The van der Waals surface area contributed by atoms with Crippen molar-refractivity contribution in [2.24, 2.45) is 17.6 Å². The summed E-state index contributed by atoms with van der Waals surface area (Å²) in [6.45, 7) is 15.7. The van der Waals surface area contributed by atoms with Crippen LogP contribution in [0.2, 0.25) is 0 Å². The molecule has 2 saturated heterocycles. The molecule has 12 heteroatoms. The van der Waals surface area contributed by atoms with Gasteiger partial charge < -0.3 is 35.1 Å². The van der Waals surface area contributed by atoms with Gasteiger partial charge in [-0.1, -0.05) is 0 Å². The summed E-state index contributed by atoms with van der Waals surface area (Å²) in [7, 11) is 0. The highest BCUT2D eigenvalue weighted by Crippen LogP contribution is 2.34. The number of hydrogen-bond donors (Lipinski definition) is 2. The third kappa shape index (κ3) is 12.1. The Kier molecular flexibility index (Phi) is 13.6. The predicted octanol–water partition coefficient (Wildman–Crippen LogP) is 6.09. The van der Waals surface area contributed by atoms with Crippen LogP contribution in [0, 0.1) is 11.8 Å². The summed E-state index contributed by atoms with van der Waals surface area (Å²) < 4.78 is 17.5. The van der Waals surface area contributed by atoms with Gasteiger partial charge in [0.25, 0.3) is 0 Å². The number of pyridine rings is 2. The predicted molar refractivity (Wildman–Crippen MR) is 218 cm³/mol. The number of rotatable bonds is 11. The van der Waals surface area contributed by atoms with Crippen LogP contribution in [0.1, 0.15) is 97.8 Å². The second-order valence-electron chi connectivity index (χ2n) is 17.9. The monoisotopic (exact) mass is 761 g/mol. The Hall–Kier alpha value is -3.35. The molecule has 304 valence electrons. The number of ether oxygens (including phenoxy) is 3. The summed E-state index contributed by atoms with van der Waals surface area (Å²) in [6.07, 6.45) is 17.9. The van der Waals surface area contributed by atoms with Gasteiger partial charge in [-0.05, 0) is 134 Å². The minimum Gasteiger partial charge on any atom is -0.489 e. The van der Waals surface area contributed by atoms with Crippen molar-refractivity contribution in [1.82, 2.24) is 25.1 Å². The Morgan fingerprint density at radius 2 is 1.11 bits per heavy atom. The number of aromatic nitrogens is 2. The number of nitrogens with two attached hydrogens (primary N) is 1. The Bertz CT molecular complexity index is 1480. The summed E-state index contributed by atoms with van der Waals surface area (Å²) in [5.74, 6) is 5.42. The van der Waals surface area contributed by atoms with E-state index in [1.54, 1.807) is 0 Å². The van der Waals surface area contributed by atoms with E-state index in [9.17, 15) is 4.79 Å². The van der Waals surface area contributed by atoms with Gasteiger partial charge in [0.2, 0.25) is 0 Å². The first-order valence-electron chi connectivity index (χ1n) is 21.6. The zero-order valence-corrected chi connectivity index (χ0v) is 33.9. The molecule has 0 atom stereocenters. The second-order valence-corrected chi connectivity index (χ2v) is 17.9. The van der Waals surface area contributed by atoms with Crippen LogP contribution in [-0.4, -0.2) is 121 Å². The number of piperazine rings is 2. The van der Waals surface area contributed by atoms with Gasteiger partial charge in [0, 0.05) is 88.9 Å². The van der Waals surface area contributed by atoms with Crippen LogP contribution < -0.4 is 30.3 Å². The Labute approximate surface area is 329 Å². The molecule has 0 bridgehead atoms. The summed E-state index contributed by atoms with van der Waals surface area (Å²) in [5, 5.41) is 3.05. The van der Waals surface area contributed by atoms with Gasteiger partial charge in [-0.15, -0.1) is 0 Å². The van der Waals surface area contributed by atoms with Gasteiger partial charge in [0.05, 0.1) is 13.2 Å². The lowest BCUT2D eigenvalue weighted by atomic mass is 9.90. The fourth-order valence-corrected chi connectivity index (χ4v) is 8.57. The molecular formula is C43H68N8O4. The van der Waals surface area contributed by atoms with E-state index in [2.05, 4.69) is 47.0 Å². The molecule has 8 rings (SSSR count). The van der Waals surface area contributed by atoms with Crippen LogP contribution in [0.5, 0.6) is 11.5 Å². The van der Waals surface area contributed by atoms with Gasteiger partial charge in [-0.25, -0.2) is 14.8 Å². The maximum atomic E-state index is 12.0. The molecule has 55 heavy (non-hydrogen) atoms. The highest BCUT2D eigenvalue weighted by atomic mass is 16.6. The van der Waals surface area contributed by atoms with Crippen LogP contribution in [-0.2, 0) is 4.74 Å². The quantitative estimate of drug-likeness (QED) is 0.277. The molecule has 3 N–H and O–H groups in total. The topological polar surface area (TPSA) is 122 Å². The molecule has 0 aromatic carbocycles. The van der Waals surface area contributed by atoms with Crippen LogP contribution in [0.25, 0.3) is 0 Å².